The maximum absolute atomic E-state index is 6.80. The minimum absolute atomic E-state index is 0.283. The first-order chi connectivity index (χ1) is 13.0. The van der Waals surface area contributed by atoms with Gasteiger partial charge in [-0.25, -0.2) is 0 Å². The lowest BCUT2D eigenvalue weighted by molar-refractivity contribution is -0.381. The molecule has 2 aromatic rings. The van der Waals surface area contributed by atoms with Crippen LogP contribution in [0.3, 0.4) is 0 Å². The first-order valence-electron chi connectivity index (χ1n) is 10.6. The van der Waals surface area contributed by atoms with Gasteiger partial charge < -0.3 is 18.6 Å². The van der Waals surface area contributed by atoms with Crippen LogP contribution in [0.4, 0.5) is 0 Å². The second kappa shape index (κ2) is 5.39. The molecule has 160 valence electrons. The fourth-order valence-electron chi connectivity index (χ4n) is 5.00. The first-order valence-corrected chi connectivity index (χ1v) is 10.6. The molecule has 0 atom stereocenters. The van der Waals surface area contributed by atoms with Gasteiger partial charge >= 0.3 is 5.97 Å². The molecule has 1 spiro atoms. The molecule has 1 aromatic heterocycles. The molecule has 2 aliphatic rings. The Morgan fingerprint density at radius 1 is 0.655 bits per heavy atom. The molecule has 0 radical (unpaired) electrons. The van der Waals surface area contributed by atoms with E-state index >= 15 is 0 Å². The topological polar surface area (TPSA) is 40.8 Å². The number of hydrogen-bond donors (Lipinski definition) is 0. The lowest BCUT2D eigenvalue weighted by atomic mass is 9.59. The predicted molar refractivity (Wildman–Crippen MR) is 116 cm³/mol. The van der Waals surface area contributed by atoms with Crippen LogP contribution in [-0.2, 0) is 14.9 Å². The molecule has 0 amide bonds. The van der Waals surface area contributed by atoms with E-state index in [1.54, 1.807) is 0 Å². The normalized spacial score (nSPS) is 25.2. The van der Waals surface area contributed by atoms with E-state index in [9.17, 15) is 0 Å². The SMILES string of the molecule is Cc1oc2c(C)c3c(c(C)c2c1C)OC1(OC(C)(C)C(C)(C)O1)C(C)(C)C3(C)C. The molecule has 0 N–H and O–H groups in total. The van der Waals surface area contributed by atoms with E-state index < -0.39 is 22.6 Å². The standard InChI is InChI=1S/C25H36O4/c1-13-16(4)26-19-15(3)18-20(14(2)17(13)19)27-25(22(7,8)21(18,5)6)28-23(9,10)24(11,12)29-25/h1-12H3. The largest absolute Gasteiger partial charge is 0.461 e. The summed E-state index contributed by atoms with van der Waals surface area (Å²) in [6.07, 6.45) is 0. The van der Waals surface area contributed by atoms with Gasteiger partial charge in [0.15, 0.2) is 0 Å². The van der Waals surface area contributed by atoms with Gasteiger partial charge in [-0.15, -0.1) is 0 Å². The van der Waals surface area contributed by atoms with Gasteiger partial charge in [-0.1, -0.05) is 27.7 Å². The van der Waals surface area contributed by atoms with Crippen LogP contribution in [0.25, 0.3) is 11.0 Å². The van der Waals surface area contributed by atoms with Crippen LogP contribution < -0.4 is 4.74 Å². The van der Waals surface area contributed by atoms with E-state index in [0.29, 0.717) is 0 Å². The van der Waals surface area contributed by atoms with Crippen molar-refractivity contribution in [3.05, 3.63) is 28.0 Å². The maximum Gasteiger partial charge on any atom is 0.334 e. The quantitative estimate of drug-likeness (QED) is 0.498. The van der Waals surface area contributed by atoms with Crippen molar-refractivity contribution in [1.29, 1.82) is 0 Å². The van der Waals surface area contributed by atoms with E-state index in [-0.39, 0.29) is 5.41 Å². The summed E-state index contributed by atoms with van der Waals surface area (Å²) in [5.41, 5.74) is 3.82. The van der Waals surface area contributed by atoms with Crippen LogP contribution in [0, 0.1) is 33.1 Å². The van der Waals surface area contributed by atoms with Crippen molar-refractivity contribution in [2.24, 2.45) is 5.41 Å². The zero-order chi connectivity index (χ0) is 21.9. The predicted octanol–water partition coefficient (Wildman–Crippen LogP) is 6.62. The highest BCUT2D eigenvalue weighted by molar-refractivity contribution is 5.92. The maximum atomic E-state index is 6.80. The molecule has 4 nitrogen and oxygen atoms in total. The van der Waals surface area contributed by atoms with Crippen molar-refractivity contribution in [3.63, 3.8) is 0 Å². The van der Waals surface area contributed by atoms with Crippen molar-refractivity contribution in [2.45, 2.75) is 106 Å². The summed E-state index contributed by atoms with van der Waals surface area (Å²) in [7, 11) is 0. The van der Waals surface area contributed by atoms with Crippen LogP contribution in [0.15, 0.2) is 4.42 Å². The highest BCUT2D eigenvalue weighted by Gasteiger charge is 2.71. The minimum Gasteiger partial charge on any atom is -0.461 e. The molecule has 2 aliphatic heterocycles. The van der Waals surface area contributed by atoms with Crippen molar-refractivity contribution in [3.8, 4) is 5.75 Å². The fourth-order valence-corrected chi connectivity index (χ4v) is 5.00. The molecule has 0 bridgehead atoms. The van der Waals surface area contributed by atoms with E-state index in [1.165, 1.54) is 5.56 Å². The Morgan fingerprint density at radius 2 is 1.17 bits per heavy atom. The Bertz CT molecular complexity index is 1020. The molecule has 0 aliphatic carbocycles. The lowest BCUT2D eigenvalue weighted by Crippen LogP contribution is -2.63. The van der Waals surface area contributed by atoms with E-state index in [4.69, 9.17) is 18.6 Å². The Morgan fingerprint density at radius 3 is 1.69 bits per heavy atom. The Balaban J connectivity index is 2.08. The van der Waals surface area contributed by atoms with Crippen molar-refractivity contribution in [1.82, 2.24) is 0 Å². The summed E-state index contributed by atoms with van der Waals surface area (Å²) in [5.74, 6) is 0.654. The van der Waals surface area contributed by atoms with Crippen molar-refractivity contribution in [2.75, 3.05) is 0 Å². The molecule has 4 heteroatoms. The first kappa shape index (κ1) is 20.7. The average Bonchev–Trinajstić information content (AvgIpc) is 2.95. The molecule has 1 aromatic carbocycles. The smallest absolute Gasteiger partial charge is 0.334 e. The van der Waals surface area contributed by atoms with Crippen molar-refractivity contribution < 1.29 is 18.6 Å². The number of benzene rings is 1. The number of rotatable bonds is 0. The van der Waals surface area contributed by atoms with Gasteiger partial charge in [0.2, 0.25) is 0 Å². The summed E-state index contributed by atoms with van der Waals surface area (Å²) < 4.78 is 26.4. The monoisotopic (exact) mass is 400 g/mol. The Labute approximate surface area is 174 Å². The fraction of sp³-hybridized carbons (Fsp3) is 0.680. The van der Waals surface area contributed by atoms with Crippen LogP contribution in [0.5, 0.6) is 5.75 Å². The summed E-state index contributed by atoms with van der Waals surface area (Å²) in [4.78, 5) is 0. The number of ether oxygens (including phenoxy) is 3. The van der Waals surface area contributed by atoms with Gasteiger partial charge in [0.05, 0.1) is 16.6 Å². The van der Waals surface area contributed by atoms with E-state index in [1.807, 2.05) is 6.92 Å². The Hall–Kier alpha value is -1.52. The Kier molecular flexibility index (Phi) is 3.85. The lowest BCUT2D eigenvalue weighted by Gasteiger charge is -2.55. The summed E-state index contributed by atoms with van der Waals surface area (Å²) in [6.45, 7) is 25.6. The van der Waals surface area contributed by atoms with E-state index in [0.717, 1.165) is 39.2 Å². The van der Waals surface area contributed by atoms with Crippen molar-refractivity contribution >= 4 is 11.0 Å². The zero-order valence-electron chi connectivity index (χ0n) is 20.1. The molecule has 0 unspecified atom stereocenters. The third kappa shape index (κ3) is 2.22. The minimum atomic E-state index is -1.17. The van der Waals surface area contributed by atoms with Crippen LogP contribution in [0.1, 0.15) is 83.4 Å². The molecule has 29 heavy (non-hydrogen) atoms. The third-order valence-corrected chi connectivity index (χ3v) is 8.46. The third-order valence-electron chi connectivity index (χ3n) is 8.46. The highest BCUT2D eigenvalue weighted by Crippen LogP contribution is 2.64. The average molecular weight is 401 g/mol. The van der Waals surface area contributed by atoms with Crippen LogP contribution in [0.2, 0.25) is 0 Å². The van der Waals surface area contributed by atoms with E-state index in [2.05, 4.69) is 76.2 Å². The molecule has 4 rings (SSSR count). The number of aryl methyl sites for hydroxylation is 4. The van der Waals surface area contributed by atoms with Crippen LogP contribution in [-0.4, -0.2) is 17.2 Å². The van der Waals surface area contributed by atoms with Gasteiger partial charge in [0.25, 0.3) is 0 Å². The molecule has 1 fully saturated rings. The van der Waals surface area contributed by atoms with Gasteiger partial charge in [0.1, 0.15) is 17.1 Å². The second-order valence-electron chi connectivity index (χ2n) is 11.1. The van der Waals surface area contributed by atoms with Gasteiger partial charge in [0, 0.05) is 21.9 Å². The zero-order valence-corrected chi connectivity index (χ0v) is 20.1. The second-order valence-corrected chi connectivity index (χ2v) is 11.1. The molecular weight excluding hydrogens is 364 g/mol. The molecule has 3 heterocycles. The molecule has 0 saturated carbocycles. The van der Waals surface area contributed by atoms with Gasteiger partial charge in [-0.3, -0.25) is 0 Å². The van der Waals surface area contributed by atoms with Gasteiger partial charge in [-0.05, 0) is 66.5 Å². The molecule has 1 saturated heterocycles. The number of fused-ring (bicyclic) bond motifs is 2. The summed E-state index contributed by atoms with van der Waals surface area (Å²) in [6, 6.07) is 0. The van der Waals surface area contributed by atoms with Crippen LogP contribution >= 0.6 is 0 Å². The van der Waals surface area contributed by atoms with Gasteiger partial charge in [-0.2, -0.15) is 0 Å². The molecular formula is C25H36O4. The summed E-state index contributed by atoms with van der Waals surface area (Å²) in [5, 5.41) is 1.14. The highest BCUT2D eigenvalue weighted by atomic mass is 16.9. The number of furan rings is 1. The summed E-state index contributed by atoms with van der Waals surface area (Å²) >= 11 is 0. The number of hydrogen-bond acceptors (Lipinski definition) is 4.